The highest BCUT2D eigenvalue weighted by Gasteiger charge is 2.47. The van der Waals surface area contributed by atoms with Crippen LogP contribution in [0, 0.1) is 6.92 Å². The lowest BCUT2D eigenvalue weighted by Gasteiger charge is -2.26. The first-order valence-corrected chi connectivity index (χ1v) is 9.84. The molecule has 0 bridgehead atoms. The minimum absolute atomic E-state index is 0.0605. The normalized spacial score (nSPS) is 16.3. The summed E-state index contributed by atoms with van der Waals surface area (Å²) in [5.74, 6) is -0.260. The molecule has 1 aliphatic rings. The maximum Gasteiger partial charge on any atom is 0.295 e. The van der Waals surface area contributed by atoms with Crippen LogP contribution < -0.4 is 14.4 Å². The van der Waals surface area contributed by atoms with Crippen molar-refractivity contribution < 1.29 is 28.7 Å². The molecular weight excluding hydrogens is 408 g/mol. The summed E-state index contributed by atoms with van der Waals surface area (Å²) in [4.78, 5) is 28.0. The molecule has 1 aromatic carbocycles. The van der Waals surface area contributed by atoms with Crippen molar-refractivity contribution in [2.75, 3.05) is 19.1 Å². The van der Waals surface area contributed by atoms with E-state index in [0.29, 0.717) is 27.7 Å². The van der Waals surface area contributed by atoms with Crippen molar-refractivity contribution in [3.8, 4) is 11.5 Å². The number of aliphatic hydroxyl groups is 1. The third-order valence-electron chi connectivity index (χ3n) is 4.79. The number of ether oxygens (including phenoxy) is 2. The molecule has 1 aliphatic heterocycles. The summed E-state index contributed by atoms with van der Waals surface area (Å²) in [5.41, 5.74) is 0.407. The van der Waals surface area contributed by atoms with E-state index in [4.69, 9.17) is 14.0 Å². The van der Waals surface area contributed by atoms with E-state index in [9.17, 15) is 14.7 Å². The number of hydrogen-bond donors (Lipinski definition) is 1. The summed E-state index contributed by atoms with van der Waals surface area (Å²) < 4.78 is 15.9. The number of carbonyl (C=O) groups excluding carboxylic acids is 2. The number of benzene rings is 1. The lowest BCUT2D eigenvalue weighted by Crippen LogP contribution is -2.31. The number of carbonyl (C=O) groups is 2. The van der Waals surface area contributed by atoms with E-state index in [1.807, 2.05) is 0 Å². The van der Waals surface area contributed by atoms with E-state index in [1.54, 1.807) is 48.7 Å². The molecule has 4 rings (SSSR count). The first-order chi connectivity index (χ1) is 14.5. The van der Waals surface area contributed by atoms with E-state index < -0.39 is 23.5 Å². The van der Waals surface area contributed by atoms with Gasteiger partial charge in [0.05, 0.1) is 24.7 Å². The number of Topliss-reactive ketones (excluding diaryl/α,β-unsaturated/α-hetero) is 1. The summed E-state index contributed by atoms with van der Waals surface area (Å²) in [5, 5.41) is 16.4. The zero-order valence-electron chi connectivity index (χ0n) is 16.4. The predicted octanol–water partition coefficient (Wildman–Crippen LogP) is 3.84. The average molecular weight is 426 g/mol. The smallest absolute Gasteiger partial charge is 0.295 e. The third kappa shape index (κ3) is 3.13. The van der Waals surface area contributed by atoms with Gasteiger partial charge in [0.2, 0.25) is 5.78 Å². The van der Waals surface area contributed by atoms with Crippen LogP contribution in [0.5, 0.6) is 11.5 Å². The number of aliphatic hydroxyl groups excluding tert-OH is 1. The zero-order chi connectivity index (χ0) is 21.4. The molecular formula is C21H18N2O6S. The third-order valence-corrected chi connectivity index (χ3v) is 5.66. The molecule has 0 aliphatic carbocycles. The van der Waals surface area contributed by atoms with Crippen molar-refractivity contribution in [3.05, 3.63) is 69.3 Å². The van der Waals surface area contributed by atoms with Gasteiger partial charge >= 0.3 is 0 Å². The van der Waals surface area contributed by atoms with Crippen LogP contribution in [-0.2, 0) is 4.79 Å². The molecule has 1 amide bonds. The quantitative estimate of drug-likeness (QED) is 0.598. The molecule has 1 N–H and O–H groups in total. The Balaban J connectivity index is 1.95. The molecule has 0 fully saturated rings. The number of aromatic nitrogens is 1. The highest BCUT2D eigenvalue weighted by atomic mass is 32.1. The number of nitrogens with zero attached hydrogens (tertiary/aromatic N) is 2. The molecule has 30 heavy (non-hydrogen) atoms. The minimum Gasteiger partial charge on any atom is -0.503 e. The van der Waals surface area contributed by atoms with Crippen LogP contribution in [-0.4, -0.2) is 36.2 Å². The second-order valence-electron chi connectivity index (χ2n) is 6.55. The lowest BCUT2D eigenvalue weighted by molar-refractivity contribution is -0.117. The first kappa shape index (κ1) is 19.7. The van der Waals surface area contributed by atoms with Crippen molar-refractivity contribution in [2.45, 2.75) is 13.0 Å². The molecule has 3 aromatic rings. The Hall–Kier alpha value is -3.59. The molecule has 1 atom stereocenters. The highest BCUT2D eigenvalue weighted by Crippen LogP contribution is 2.45. The van der Waals surface area contributed by atoms with Crippen molar-refractivity contribution in [3.63, 3.8) is 0 Å². The number of thiophene rings is 1. The van der Waals surface area contributed by atoms with E-state index in [2.05, 4.69) is 5.16 Å². The van der Waals surface area contributed by atoms with Crippen LogP contribution in [0.15, 0.2) is 57.6 Å². The minimum atomic E-state index is -0.985. The van der Waals surface area contributed by atoms with E-state index in [1.165, 1.54) is 30.5 Å². The fourth-order valence-electron chi connectivity index (χ4n) is 3.43. The SMILES string of the molecule is COc1ccc(OC)c([C@@H]2C(C(=O)c3cccs3)=C(O)C(=O)N2c2cc(C)on2)c1. The Morgan fingerprint density at radius 1 is 1.23 bits per heavy atom. The van der Waals surface area contributed by atoms with Crippen LogP contribution in [0.4, 0.5) is 5.82 Å². The highest BCUT2D eigenvalue weighted by molar-refractivity contribution is 7.12. The van der Waals surface area contributed by atoms with E-state index >= 15 is 0 Å². The van der Waals surface area contributed by atoms with E-state index in [-0.39, 0.29) is 11.4 Å². The summed E-state index contributed by atoms with van der Waals surface area (Å²) >= 11 is 1.22. The van der Waals surface area contributed by atoms with Gasteiger partial charge in [0, 0.05) is 11.6 Å². The molecule has 0 unspecified atom stereocenters. The Kier molecular flexibility index (Phi) is 5.04. The first-order valence-electron chi connectivity index (χ1n) is 8.96. The molecule has 2 aromatic heterocycles. The van der Waals surface area contributed by atoms with Gasteiger partial charge < -0.3 is 19.1 Å². The maximum atomic E-state index is 13.3. The number of amides is 1. The van der Waals surface area contributed by atoms with Gasteiger partial charge in [-0.15, -0.1) is 11.3 Å². The molecule has 0 saturated heterocycles. The molecule has 8 nitrogen and oxygen atoms in total. The topological polar surface area (TPSA) is 102 Å². The largest absolute Gasteiger partial charge is 0.503 e. The summed E-state index contributed by atoms with van der Waals surface area (Å²) in [6.07, 6.45) is 0. The number of ketones is 1. The maximum absolute atomic E-state index is 13.3. The number of methoxy groups -OCH3 is 2. The summed E-state index contributed by atoms with van der Waals surface area (Å²) in [6, 6.07) is 8.98. The fraction of sp³-hybridized carbons (Fsp3) is 0.190. The van der Waals surface area contributed by atoms with Crippen LogP contribution in [0.25, 0.3) is 0 Å². The Morgan fingerprint density at radius 2 is 2.03 bits per heavy atom. The van der Waals surface area contributed by atoms with Gasteiger partial charge in [-0.1, -0.05) is 11.2 Å². The van der Waals surface area contributed by atoms with Crippen molar-refractivity contribution in [2.24, 2.45) is 0 Å². The van der Waals surface area contributed by atoms with Crippen molar-refractivity contribution in [1.29, 1.82) is 0 Å². The van der Waals surface area contributed by atoms with Crippen LogP contribution in [0.1, 0.15) is 27.0 Å². The zero-order valence-corrected chi connectivity index (χ0v) is 17.2. The summed E-state index contributed by atoms with van der Waals surface area (Å²) in [7, 11) is 2.99. The van der Waals surface area contributed by atoms with Crippen molar-refractivity contribution in [1.82, 2.24) is 5.16 Å². The number of hydrogen-bond acceptors (Lipinski definition) is 8. The van der Waals surface area contributed by atoms with Crippen LogP contribution >= 0.6 is 11.3 Å². The van der Waals surface area contributed by atoms with Crippen molar-refractivity contribution >= 4 is 28.8 Å². The Morgan fingerprint density at radius 3 is 2.63 bits per heavy atom. The van der Waals surface area contributed by atoms with Gasteiger partial charge in [-0.3, -0.25) is 14.5 Å². The second-order valence-corrected chi connectivity index (χ2v) is 7.50. The monoisotopic (exact) mass is 426 g/mol. The van der Waals surface area contributed by atoms with Gasteiger partial charge in [0.25, 0.3) is 5.91 Å². The lowest BCUT2D eigenvalue weighted by atomic mass is 9.94. The fourth-order valence-corrected chi connectivity index (χ4v) is 4.11. The summed E-state index contributed by atoms with van der Waals surface area (Å²) in [6.45, 7) is 1.68. The molecule has 9 heteroatoms. The average Bonchev–Trinajstić information content (AvgIpc) is 3.48. The van der Waals surface area contributed by atoms with Gasteiger partial charge in [0.1, 0.15) is 23.3 Å². The molecule has 3 heterocycles. The standard InChI is InChI=1S/C21H18N2O6S/c1-11-9-16(22-29-11)23-18(13-10-12(27-2)6-7-14(13)28-3)17(20(25)21(23)26)19(24)15-5-4-8-30-15/h4-10,18,25H,1-3H3/t18-/m1/s1. The second kappa shape index (κ2) is 7.68. The number of anilines is 1. The van der Waals surface area contributed by atoms with Gasteiger partial charge in [-0.25, -0.2) is 0 Å². The Labute approximate surface area is 175 Å². The Bertz CT molecular complexity index is 1150. The van der Waals surface area contributed by atoms with Crippen LogP contribution in [0.3, 0.4) is 0 Å². The van der Waals surface area contributed by atoms with E-state index in [0.717, 1.165) is 0 Å². The molecule has 154 valence electrons. The predicted molar refractivity (Wildman–Crippen MR) is 109 cm³/mol. The number of aryl methyl sites for hydroxylation is 1. The molecule has 0 saturated carbocycles. The number of rotatable bonds is 6. The molecule has 0 spiro atoms. The van der Waals surface area contributed by atoms with Gasteiger partial charge in [-0.2, -0.15) is 0 Å². The van der Waals surface area contributed by atoms with Gasteiger partial charge in [0.15, 0.2) is 11.6 Å². The van der Waals surface area contributed by atoms with Gasteiger partial charge in [-0.05, 0) is 36.6 Å². The van der Waals surface area contributed by atoms with Crippen LogP contribution in [0.2, 0.25) is 0 Å². The molecule has 0 radical (unpaired) electrons.